The van der Waals surface area contributed by atoms with Crippen LogP contribution in [-0.2, 0) is 22.6 Å². The smallest absolute Gasteiger partial charge is 0.336 e. The van der Waals surface area contributed by atoms with Gasteiger partial charge in [-0.1, -0.05) is 30.3 Å². The fourth-order valence-electron chi connectivity index (χ4n) is 3.35. The summed E-state index contributed by atoms with van der Waals surface area (Å²) in [7, 11) is 0. The van der Waals surface area contributed by atoms with Gasteiger partial charge >= 0.3 is 11.6 Å². The molecule has 5 rings (SSSR count). The summed E-state index contributed by atoms with van der Waals surface area (Å²) in [5.41, 5.74) is 1.29. The minimum atomic E-state index is -0.469. The monoisotopic (exact) mass is 390 g/mol. The molecule has 3 heterocycles. The quantitative estimate of drug-likeness (QED) is 0.264. The predicted molar refractivity (Wildman–Crippen MR) is 107 cm³/mol. The highest BCUT2D eigenvalue weighted by Gasteiger charge is 2.13. The van der Waals surface area contributed by atoms with Gasteiger partial charge in [-0.25, -0.2) is 9.78 Å². The van der Waals surface area contributed by atoms with E-state index in [-0.39, 0.29) is 13.0 Å². The average molecular weight is 390 g/mol. The number of rotatable bonds is 4. The number of esters is 1. The second kappa shape index (κ2) is 6.61. The van der Waals surface area contributed by atoms with E-state index in [1.54, 1.807) is 6.07 Å². The Balaban J connectivity index is 1.44. The zero-order chi connectivity index (χ0) is 19.1. The van der Waals surface area contributed by atoms with Crippen molar-refractivity contribution in [1.82, 2.24) is 9.38 Å². The van der Waals surface area contributed by atoms with E-state index in [1.165, 1.54) is 17.4 Å². The highest BCUT2D eigenvalue weighted by Crippen LogP contribution is 2.27. The summed E-state index contributed by atoms with van der Waals surface area (Å²) >= 11 is 1.50. The highest BCUT2D eigenvalue weighted by molar-refractivity contribution is 7.15. The molecule has 6 nitrogen and oxygen atoms in total. The SMILES string of the molecule is O=C(Cc1cn2ccsc2n1)OCc1cc(=O)oc2ccc3ccccc3c12. The molecule has 0 amide bonds. The molecule has 0 bridgehead atoms. The lowest BCUT2D eigenvalue weighted by atomic mass is 10.0. The van der Waals surface area contributed by atoms with Crippen LogP contribution in [0, 0.1) is 0 Å². The average Bonchev–Trinajstić information content (AvgIpc) is 3.27. The first kappa shape index (κ1) is 16.7. The summed E-state index contributed by atoms with van der Waals surface area (Å²) in [6, 6.07) is 12.9. The number of hydrogen-bond donors (Lipinski definition) is 0. The first-order chi connectivity index (χ1) is 13.7. The van der Waals surface area contributed by atoms with Gasteiger partial charge in [0, 0.05) is 34.8 Å². The number of aromatic nitrogens is 2. The van der Waals surface area contributed by atoms with Crippen LogP contribution < -0.4 is 5.63 Å². The van der Waals surface area contributed by atoms with Crippen molar-refractivity contribution >= 4 is 44.0 Å². The lowest BCUT2D eigenvalue weighted by Crippen LogP contribution is -2.10. The Labute approximate surface area is 162 Å². The highest BCUT2D eigenvalue weighted by atomic mass is 32.1. The molecule has 2 aromatic carbocycles. The second-order valence-corrected chi connectivity index (χ2v) is 7.29. The van der Waals surface area contributed by atoms with E-state index in [2.05, 4.69) is 4.98 Å². The lowest BCUT2D eigenvalue weighted by molar-refractivity contribution is -0.144. The molecule has 0 N–H and O–H groups in total. The van der Waals surface area contributed by atoms with Crippen LogP contribution in [0.1, 0.15) is 11.3 Å². The predicted octanol–water partition coefficient (Wildman–Crippen LogP) is 3.94. The fourth-order valence-corrected chi connectivity index (χ4v) is 4.07. The van der Waals surface area contributed by atoms with E-state index >= 15 is 0 Å². The van der Waals surface area contributed by atoms with Gasteiger partial charge in [-0.15, -0.1) is 11.3 Å². The molecule has 0 saturated heterocycles. The number of nitrogens with zero attached hydrogens (tertiary/aromatic N) is 2. The van der Waals surface area contributed by atoms with Gasteiger partial charge in [0.15, 0.2) is 4.96 Å². The molecular formula is C21H14N2O4S. The van der Waals surface area contributed by atoms with E-state index in [9.17, 15) is 9.59 Å². The van der Waals surface area contributed by atoms with Crippen molar-refractivity contribution in [3.05, 3.63) is 81.9 Å². The number of carbonyl (C=O) groups excluding carboxylic acids is 1. The fraction of sp³-hybridized carbons (Fsp3) is 0.0952. The number of thiazole rings is 1. The van der Waals surface area contributed by atoms with Crippen molar-refractivity contribution in [2.45, 2.75) is 13.0 Å². The van der Waals surface area contributed by atoms with Crippen molar-refractivity contribution < 1.29 is 13.9 Å². The Morgan fingerprint density at radius 2 is 2.11 bits per heavy atom. The van der Waals surface area contributed by atoms with Gasteiger partial charge in [0.2, 0.25) is 0 Å². The van der Waals surface area contributed by atoms with E-state index in [0.29, 0.717) is 16.8 Å². The zero-order valence-corrected chi connectivity index (χ0v) is 15.4. The van der Waals surface area contributed by atoms with Crippen molar-refractivity contribution in [2.24, 2.45) is 0 Å². The summed E-state index contributed by atoms with van der Waals surface area (Å²) in [6.45, 7) is -0.00282. The Morgan fingerprint density at radius 1 is 1.21 bits per heavy atom. The van der Waals surface area contributed by atoms with Crippen molar-refractivity contribution in [3.63, 3.8) is 0 Å². The van der Waals surface area contributed by atoms with Gasteiger partial charge in [0.05, 0.1) is 12.1 Å². The largest absolute Gasteiger partial charge is 0.460 e. The van der Waals surface area contributed by atoms with E-state index in [0.717, 1.165) is 21.1 Å². The maximum absolute atomic E-state index is 12.3. The standard InChI is InChI=1S/C21H14N2O4S/c24-18(10-15-11-23-7-8-28-21(23)22-15)26-12-14-9-19(25)27-17-6-5-13-3-1-2-4-16(13)20(14)17/h1-9,11H,10,12H2. The first-order valence-electron chi connectivity index (χ1n) is 8.68. The van der Waals surface area contributed by atoms with Crippen LogP contribution in [0.2, 0.25) is 0 Å². The molecule has 138 valence electrons. The van der Waals surface area contributed by atoms with Crippen LogP contribution in [0.3, 0.4) is 0 Å². The van der Waals surface area contributed by atoms with Gasteiger partial charge in [-0.3, -0.25) is 9.20 Å². The topological polar surface area (TPSA) is 73.8 Å². The maximum Gasteiger partial charge on any atom is 0.336 e. The molecule has 0 radical (unpaired) electrons. The van der Waals surface area contributed by atoms with Crippen LogP contribution in [0.4, 0.5) is 0 Å². The van der Waals surface area contributed by atoms with E-state index in [4.69, 9.17) is 9.15 Å². The summed E-state index contributed by atoms with van der Waals surface area (Å²) in [6.07, 6.45) is 3.78. The molecule has 7 heteroatoms. The molecule has 0 aliphatic carbocycles. The van der Waals surface area contributed by atoms with Crippen molar-refractivity contribution in [3.8, 4) is 0 Å². The first-order valence-corrected chi connectivity index (χ1v) is 9.56. The van der Waals surface area contributed by atoms with Gasteiger partial charge in [0.1, 0.15) is 12.2 Å². The van der Waals surface area contributed by atoms with Crippen LogP contribution in [0.5, 0.6) is 0 Å². The van der Waals surface area contributed by atoms with Crippen LogP contribution >= 0.6 is 11.3 Å². The van der Waals surface area contributed by atoms with Crippen molar-refractivity contribution in [2.75, 3.05) is 0 Å². The minimum absolute atomic E-state index is 0.00282. The minimum Gasteiger partial charge on any atom is -0.460 e. The van der Waals surface area contributed by atoms with Crippen LogP contribution in [0.15, 0.2) is 69.5 Å². The van der Waals surface area contributed by atoms with Gasteiger partial charge in [-0.05, 0) is 16.8 Å². The van der Waals surface area contributed by atoms with Crippen LogP contribution in [0.25, 0.3) is 26.7 Å². The maximum atomic E-state index is 12.3. The molecule has 0 unspecified atom stereocenters. The number of fused-ring (bicyclic) bond motifs is 4. The van der Waals surface area contributed by atoms with Gasteiger partial charge in [-0.2, -0.15) is 0 Å². The second-order valence-electron chi connectivity index (χ2n) is 6.41. The number of ether oxygens (including phenoxy) is 1. The summed E-state index contributed by atoms with van der Waals surface area (Å²) in [4.78, 5) is 29.4. The van der Waals surface area contributed by atoms with Crippen molar-refractivity contribution in [1.29, 1.82) is 0 Å². The summed E-state index contributed by atoms with van der Waals surface area (Å²) in [5.74, 6) is -0.396. The Morgan fingerprint density at radius 3 is 3.00 bits per heavy atom. The Kier molecular flexibility index (Phi) is 3.95. The number of benzene rings is 2. The third-order valence-electron chi connectivity index (χ3n) is 4.57. The molecule has 5 aromatic rings. The van der Waals surface area contributed by atoms with E-state index < -0.39 is 11.6 Å². The molecule has 3 aromatic heterocycles. The lowest BCUT2D eigenvalue weighted by Gasteiger charge is -2.09. The molecular weight excluding hydrogens is 376 g/mol. The third kappa shape index (κ3) is 2.95. The third-order valence-corrected chi connectivity index (χ3v) is 5.34. The molecule has 28 heavy (non-hydrogen) atoms. The summed E-state index contributed by atoms with van der Waals surface area (Å²) < 4.78 is 12.7. The normalized spacial score (nSPS) is 11.4. The molecule has 0 fully saturated rings. The Hall–Kier alpha value is -3.45. The van der Waals surface area contributed by atoms with Gasteiger partial charge < -0.3 is 9.15 Å². The van der Waals surface area contributed by atoms with Gasteiger partial charge in [0.25, 0.3) is 0 Å². The van der Waals surface area contributed by atoms with E-state index in [1.807, 2.05) is 52.5 Å². The molecule has 0 atom stereocenters. The molecule has 0 aliphatic heterocycles. The molecule has 0 saturated carbocycles. The molecule has 0 aliphatic rings. The number of imidazole rings is 1. The number of carbonyl (C=O) groups is 1. The van der Waals surface area contributed by atoms with Crippen LogP contribution in [-0.4, -0.2) is 15.4 Å². The Bertz CT molecular complexity index is 1370. The molecule has 0 spiro atoms. The zero-order valence-electron chi connectivity index (χ0n) is 14.6. The number of hydrogen-bond acceptors (Lipinski definition) is 6. The summed E-state index contributed by atoms with van der Waals surface area (Å²) in [5, 5.41) is 4.69.